The second kappa shape index (κ2) is 14.3. The number of para-hydroxylation sites is 1. The number of aromatic nitrogens is 1. The van der Waals surface area contributed by atoms with E-state index in [1.54, 1.807) is 18.9 Å². The number of rotatable bonds is 11. The first-order valence-electron chi connectivity index (χ1n) is 11.6. The lowest BCUT2D eigenvalue weighted by molar-refractivity contribution is -0.118. The maximum Gasteiger partial charge on any atom is 0.228 e. The van der Waals surface area contributed by atoms with Crippen LogP contribution in [0.25, 0.3) is 10.2 Å². The SMILES string of the molecule is COc1ccc(SCCCC(=O)N(CCCN2CCOCC2)c2nc3c(Cl)cccc3s2)cc1.Cl. The Kier molecular flexibility index (Phi) is 11.4. The first kappa shape index (κ1) is 28.0. The van der Waals surface area contributed by atoms with Crippen LogP contribution in [0, 0.1) is 0 Å². The van der Waals surface area contributed by atoms with Crippen LogP contribution in [0.15, 0.2) is 47.4 Å². The average molecular weight is 557 g/mol. The van der Waals surface area contributed by atoms with E-state index in [2.05, 4.69) is 4.90 Å². The van der Waals surface area contributed by atoms with Crippen molar-refractivity contribution in [3.63, 3.8) is 0 Å². The molecule has 0 saturated carbocycles. The molecule has 2 heterocycles. The second-order valence-electron chi connectivity index (χ2n) is 8.06. The molecule has 0 unspecified atom stereocenters. The van der Waals surface area contributed by atoms with Crippen molar-refractivity contribution in [3.8, 4) is 5.75 Å². The van der Waals surface area contributed by atoms with Gasteiger partial charge in [0.2, 0.25) is 5.91 Å². The molecule has 0 N–H and O–H groups in total. The first-order chi connectivity index (χ1) is 16.6. The summed E-state index contributed by atoms with van der Waals surface area (Å²) < 4.78 is 11.7. The van der Waals surface area contributed by atoms with Crippen molar-refractivity contribution in [2.45, 2.75) is 24.2 Å². The van der Waals surface area contributed by atoms with Crippen LogP contribution >= 0.6 is 47.1 Å². The maximum absolute atomic E-state index is 13.3. The third-order valence-corrected chi connectivity index (χ3v) is 8.16. The van der Waals surface area contributed by atoms with Crippen LogP contribution in [0.1, 0.15) is 19.3 Å². The Morgan fingerprint density at radius 2 is 1.97 bits per heavy atom. The molecule has 6 nitrogen and oxygen atoms in total. The van der Waals surface area contributed by atoms with Gasteiger partial charge in [0, 0.05) is 37.5 Å². The number of ether oxygens (including phenoxy) is 2. The summed E-state index contributed by atoms with van der Waals surface area (Å²) in [5.74, 6) is 1.85. The summed E-state index contributed by atoms with van der Waals surface area (Å²) >= 11 is 9.64. The number of hydrogen-bond acceptors (Lipinski definition) is 7. The van der Waals surface area contributed by atoms with Crippen molar-refractivity contribution in [3.05, 3.63) is 47.5 Å². The summed E-state index contributed by atoms with van der Waals surface area (Å²) in [6.07, 6.45) is 2.20. The Morgan fingerprint density at radius 3 is 2.69 bits per heavy atom. The highest BCUT2D eigenvalue weighted by Gasteiger charge is 2.21. The van der Waals surface area contributed by atoms with Gasteiger partial charge in [0.1, 0.15) is 11.3 Å². The third kappa shape index (κ3) is 7.97. The zero-order chi connectivity index (χ0) is 23.8. The number of methoxy groups -OCH3 is 1. The van der Waals surface area contributed by atoms with E-state index < -0.39 is 0 Å². The van der Waals surface area contributed by atoms with E-state index >= 15 is 0 Å². The van der Waals surface area contributed by atoms with E-state index in [9.17, 15) is 4.79 Å². The topological polar surface area (TPSA) is 54.9 Å². The molecule has 0 spiro atoms. The second-order valence-corrected chi connectivity index (χ2v) is 10.6. The first-order valence-corrected chi connectivity index (χ1v) is 13.7. The highest BCUT2D eigenvalue weighted by atomic mass is 35.5. The molecule has 1 aliphatic heterocycles. The zero-order valence-corrected chi connectivity index (χ0v) is 23.0. The molecule has 1 aliphatic rings. The van der Waals surface area contributed by atoms with E-state index in [-0.39, 0.29) is 18.3 Å². The van der Waals surface area contributed by atoms with Crippen LogP contribution in [-0.4, -0.2) is 68.0 Å². The molecule has 10 heteroatoms. The summed E-state index contributed by atoms with van der Waals surface area (Å²) in [5.41, 5.74) is 0.769. The smallest absolute Gasteiger partial charge is 0.228 e. The van der Waals surface area contributed by atoms with Gasteiger partial charge in [-0.25, -0.2) is 4.98 Å². The molecule has 1 amide bonds. The minimum Gasteiger partial charge on any atom is -0.497 e. The van der Waals surface area contributed by atoms with Crippen LogP contribution in [0.4, 0.5) is 5.13 Å². The lowest BCUT2D eigenvalue weighted by Crippen LogP contribution is -2.39. The number of thiazole rings is 1. The molecule has 4 rings (SSSR count). The minimum absolute atomic E-state index is 0. The summed E-state index contributed by atoms with van der Waals surface area (Å²) in [4.78, 5) is 23.4. The number of anilines is 1. The van der Waals surface area contributed by atoms with Crippen LogP contribution < -0.4 is 9.64 Å². The molecular formula is C25H31Cl2N3O3S2. The van der Waals surface area contributed by atoms with Crippen molar-refractivity contribution >= 4 is 68.4 Å². The third-order valence-electron chi connectivity index (χ3n) is 5.71. The Labute approximate surface area is 226 Å². The lowest BCUT2D eigenvalue weighted by Gasteiger charge is -2.27. The van der Waals surface area contributed by atoms with Crippen LogP contribution in [0.5, 0.6) is 5.75 Å². The predicted octanol–water partition coefficient (Wildman–Crippen LogP) is 6.01. The number of carbonyl (C=O) groups excluding carboxylic acids is 1. The maximum atomic E-state index is 13.3. The summed E-state index contributed by atoms with van der Waals surface area (Å²) in [6, 6.07) is 13.8. The average Bonchev–Trinajstić information content (AvgIpc) is 3.31. The van der Waals surface area contributed by atoms with Gasteiger partial charge in [-0.15, -0.1) is 24.2 Å². The molecule has 0 aliphatic carbocycles. The van der Waals surface area contributed by atoms with Gasteiger partial charge < -0.3 is 9.47 Å². The normalized spacial score (nSPS) is 14.0. The zero-order valence-electron chi connectivity index (χ0n) is 19.8. The Bertz CT molecular complexity index is 1080. The fourth-order valence-electron chi connectivity index (χ4n) is 3.84. The van der Waals surface area contributed by atoms with Crippen molar-refractivity contribution in [1.29, 1.82) is 0 Å². The highest BCUT2D eigenvalue weighted by molar-refractivity contribution is 7.99. The number of fused-ring (bicyclic) bond motifs is 1. The van der Waals surface area contributed by atoms with E-state index in [4.69, 9.17) is 26.1 Å². The van der Waals surface area contributed by atoms with Crippen molar-refractivity contribution < 1.29 is 14.3 Å². The van der Waals surface area contributed by atoms with Gasteiger partial charge in [-0.05, 0) is 55.0 Å². The largest absolute Gasteiger partial charge is 0.497 e. The molecule has 0 atom stereocenters. The molecular weight excluding hydrogens is 525 g/mol. The Balaban J connectivity index is 0.00000342. The van der Waals surface area contributed by atoms with Gasteiger partial charge in [0.25, 0.3) is 0 Å². The van der Waals surface area contributed by atoms with Crippen LogP contribution in [0.2, 0.25) is 5.02 Å². The predicted molar refractivity (Wildman–Crippen MR) is 149 cm³/mol. The number of benzene rings is 2. The van der Waals surface area contributed by atoms with E-state index in [0.717, 1.165) is 72.5 Å². The summed E-state index contributed by atoms with van der Waals surface area (Å²) in [6.45, 7) is 5.07. The lowest BCUT2D eigenvalue weighted by atomic mass is 10.2. The van der Waals surface area contributed by atoms with Crippen LogP contribution in [-0.2, 0) is 9.53 Å². The standard InChI is InChI=1S/C25H30ClN3O3S2.ClH/c1-31-19-8-10-20(11-9-19)33-18-3-7-23(30)29(13-4-12-28-14-16-32-17-15-28)25-27-24-21(26)5-2-6-22(24)34-25;/h2,5-6,8-11H,3-4,7,12-18H2,1H3;1H. The molecule has 35 heavy (non-hydrogen) atoms. The minimum atomic E-state index is 0. The van der Waals surface area contributed by atoms with Gasteiger partial charge in [-0.2, -0.15) is 0 Å². The number of halogens is 2. The van der Waals surface area contributed by atoms with E-state index in [1.165, 1.54) is 16.2 Å². The van der Waals surface area contributed by atoms with Gasteiger partial charge in [0.15, 0.2) is 5.13 Å². The number of amides is 1. The molecule has 2 aromatic carbocycles. The fraction of sp³-hybridized carbons (Fsp3) is 0.440. The van der Waals surface area contributed by atoms with E-state index in [0.29, 0.717) is 18.0 Å². The van der Waals surface area contributed by atoms with Crippen LogP contribution in [0.3, 0.4) is 0 Å². The number of nitrogens with zero attached hydrogens (tertiary/aromatic N) is 3. The molecule has 1 saturated heterocycles. The highest BCUT2D eigenvalue weighted by Crippen LogP contribution is 2.33. The molecule has 0 bridgehead atoms. The number of hydrogen-bond donors (Lipinski definition) is 0. The fourth-order valence-corrected chi connectivity index (χ4v) is 6.00. The summed E-state index contributed by atoms with van der Waals surface area (Å²) in [5, 5.41) is 1.36. The Hall–Kier alpha value is -1.55. The quantitative estimate of drug-likeness (QED) is 0.213. The number of morpholine rings is 1. The number of thioether (sulfide) groups is 1. The molecule has 3 aromatic rings. The van der Waals surface area contributed by atoms with Gasteiger partial charge >= 0.3 is 0 Å². The van der Waals surface area contributed by atoms with Gasteiger partial charge in [-0.1, -0.05) is 29.0 Å². The molecule has 1 aromatic heterocycles. The summed E-state index contributed by atoms with van der Waals surface area (Å²) in [7, 11) is 1.67. The van der Waals surface area contributed by atoms with Crippen molar-refractivity contribution in [2.75, 3.05) is 57.2 Å². The Morgan fingerprint density at radius 1 is 1.20 bits per heavy atom. The van der Waals surface area contributed by atoms with E-state index in [1.807, 2.05) is 47.4 Å². The number of carbonyl (C=O) groups is 1. The molecule has 190 valence electrons. The van der Waals surface area contributed by atoms with Crippen molar-refractivity contribution in [2.24, 2.45) is 0 Å². The van der Waals surface area contributed by atoms with Gasteiger partial charge in [-0.3, -0.25) is 14.6 Å². The molecule has 1 fully saturated rings. The van der Waals surface area contributed by atoms with Gasteiger partial charge in [0.05, 0.1) is 30.0 Å². The molecule has 0 radical (unpaired) electrons. The monoisotopic (exact) mass is 555 g/mol. The van der Waals surface area contributed by atoms with Crippen molar-refractivity contribution in [1.82, 2.24) is 9.88 Å².